The maximum Gasteiger partial charge on any atom is 0.335 e. The number of amides is 1. The van der Waals surface area contributed by atoms with Crippen molar-refractivity contribution in [2.24, 2.45) is 0 Å². The average Bonchev–Trinajstić information content (AvgIpc) is 2.63. The predicted octanol–water partition coefficient (Wildman–Crippen LogP) is 2.88. The van der Waals surface area contributed by atoms with Gasteiger partial charge in [-0.15, -0.1) is 0 Å². The summed E-state index contributed by atoms with van der Waals surface area (Å²) in [6.45, 7) is 0.826. The van der Waals surface area contributed by atoms with Crippen LogP contribution in [-0.4, -0.2) is 41.6 Å². The molecule has 1 saturated heterocycles. The van der Waals surface area contributed by atoms with E-state index in [0.29, 0.717) is 17.7 Å². The Bertz CT molecular complexity index is 807. The van der Waals surface area contributed by atoms with Crippen molar-refractivity contribution in [3.8, 4) is 0 Å². The van der Waals surface area contributed by atoms with Crippen LogP contribution in [0.25, 0.3) is 0 Å². The fourth-order valence-electron chi connectivity index (χ4n) is 2.69. The maximum atomic E-state index is 13.4. The zero-order chi connectivity index (χ0) is 18.0. The van der Waals surface area contributed by atoms with Crippen LogP contribution in [0.15, 0.2) is 42.5 Å². The largest absolute Gasteiger partial charge is 0.478 e. The van der Waals surface area contributed by atoms with E-state index in [-0.39, 0.29) is 24.6 Å². The summed E-state index contributed by atoms with van der Waals surface area (Å²) in [6.07, 6.45) is -0.550. The smallest absolute Gasteiger partial charge is 0.335 e. The molecule has 1 fully saturated rings. The zero-order valence-corrected chi connectivity index (χ0v) is 13.1. The summed E-state index contributed by atoms with van der Waals surface area (Å²) in [5.74, 6) is -3.24. The molecular formula is C18H15F2NO4. The van der Waals surface area contributed by atoms with Gasteiger partial charge >= 0.3 is 5.97 Å². The Hall–Kier alpha value is -2.80. The van der Waals surface area contributed by atoms with Crippen LogP contribution in [0.1, 0.15) is 32.4 Å². The van der Waals surface area contributed by atoms with Crippen molar-refractivity contribution in [3.05, 3.63) is 70.8 Å². The number of rotatable bonds is 3. The molecule has 1 N–H and O–H groups in total. The number of halogens is 2. The first-order valence-corrected chi connectivity index (χ1v) is 7.65. The minimum atomic E-state index is -1.07. The molecule has 0 aromatic heterocycles. The van der Waals surface area contributed by atoms with Gasteiger partial charge < -0.3 is 14.7 Å². The molecule has 1 aliphatic heterocycles. The molecule has 2 aromatic carbocycles. The number of carbonyl (C=O) groups excluding carboxylic acids is 1. The zero-order valence-electron chi connectivity index (χ0n) is 13.1. The highest BCUT2D eigenvalue weighted by atomic mass is 19.2. The number of aromatic carboxylic acids is 1. The van der Waals surface area contributed by atoms with Gasteiger partial charge in [-0.05, 0) is 42.0 Å². The Kier molecular flexibility index (Phi) is 4.76. The highest BCUT2D eigenvalue weighted by molar-refractivity contribution is 5.96. The molecule has 3 rings (SSSR count). The Morgan fingerprint density at radius 3 is 2.36 bits per heavy atom. The van der Waals surface area contributed by atoms with E-state index in [2.05, 4.69) is 0 Å². The summed E-state index contributed by atoms with van der Waals surface area (Å²) in [6, 6.07) is 9.15. The second-order valence-corrected chi connectivity index (χ2v) is 5.67. The van der Waals surface area contributed by atoms with E-state index in [1.54, 1.807) is 4.90 Å². The van der Waals surface area contributed by atoms with Crippen LogP contribution in [0.2, 0.25) is 0 Å². The highest BCUT2D eigenvalue weighted by Gasteiger charge is 2.26. The number of ether oxygens (including phenoxy) is 1. The van der Waals surface area contributed by atoms with Crippen LogP contribution >= 0.6 is 0 Å². The number of carbonyl (C=O) groups is 2. The molecule has 1 aliphatic rings. The summed E-state index contributed by atoms with van der Waals surface area (Å²) in [4.78, 5) is 25.0. The van der Waals surface area contributed by atoms with E-state index >= 15 is 0 Å². The molecule has 0 bridgehead atoms. The lowest BCUT2D eigenvalue weighted by atomic mass is 10.1. The second kappa shape index (κ2) is 6.98. The van der Waals surface area contributed by atoms with Crippen molar-refractivity contribution < 1.29 is 28.2 Å². The lowest BCUT2D eigenvalue weighted by molar-refractivity contribution is -0.0229. The molecule has 1 atom stereocenters. The standard InChI is InChI=1S/C18H15F2NO4/c19-14-6-5-13(9-15(14)20)16-10-21(7-8-25-16)17(22)11-1-3-12(4-2-11)18(23)24/h1-6,9,16H,7-8,10H2,(H,23,24). The van der Waals surface area contributed by atoms with Crippen LogP contribution in [-0.2, 0) is 4.74 Å². The van der Waals surface area contributed by atoms with Gasteiger partial charge in [-0.25, -0.2) is 13.6 Å². The van der Waals surface area contributed by atoms with Crippen molar-refractivity contribution >= 4 is 11.9 Å². The van der Waals surface area contributed by atoms with Crippen molar-refractivity contribution in [2.75, 3.05) is 19.7 Å². The minimum Gasteiger partial charge on any atom is -0.478 e. The normalized spacial score (nSPS) is 17.4. The number of nitrogens with zero attached hydrogens (tertiary/aromatic N) is 1. The van der Waals surface area contributed by atoms with Gasteiger partial charge in [0.2, 0.25) is 0 Å². The van der Waals surface area contributed by atoms with Crippen molar-refractivity contribution in [3.63, 3.8) is 0 Å². The minimum absolute atomic E-state index is 0.0955. The van der Waals surface area contributed by atoms with Gasteiger partial charge in [-0.1, -0.05) is 6.07 Å². The predicted molar refractivity (Wildman–Crippen MR) is 84.4 cm³/mol. The van der Waals surface area contributed by atoms with E-state index < -0.39 is 23.7 Å². The van der Waals surface area contributed by atoms with E-state index in [4.69, 9.17) is 9.84 Å². The third-order valence-electron chi connectivity index (χ3n) is 4.05. The van der Waals surface area contributed by atoms with Gasteiger partial charge in [-0.2, -0.15) is 0 Å². The molecular weight excluding hydrogens is 332 g/mol. The highest BCUT2D eigenvalue weighted by Crippen LogP contribution is 2.24. The van der Waals surface area contributed by atoms with Crippen molar-refractivity contribution in [2.45, 2.75) is 6.10 Å². The number of hydrogen-bond acceptors (Lipinski definition) is 3. The molecule has 0 aliphatic carbocycles. The van der Waals surface area contributed by atoms with Gasteiger partial charge in [0.05, 0.1) is 18.7 Å². The molecule has 0 saturated carbocycles. The maximum absolute atomic E-state index is 13.4. The Morgan fingerprint density at radius 2 is 1.72 bits per heavy atom. The number of carboxylic acid groups (broad SMARTS) is 1. The third kappa shape index (κ3) is 3.66. The molecule has 25 heavy (non-hydrogen) atoms. The van der Waals surface area contributed by atoms with E-state index in [1.807, 2.05) is 0 Å². The Balaban J connectivity index is 1.75. The summed E-state index contributed by atoms with van der Waals surface area (Å²) in [5, 5.41) is 8.90. The molecule has 1 amide bonds. The monoisotopic (exact) mass is 347 g/mol. The molecule has 7 heteroatoms. The third-order valence-corrected chi connectivity index (χ3v) is 4.05. The van der Waals surface area contributed by atoms with E-state index in [9.17, 15) is 18.4 Å². The first-order chi connectivity index (χ1) is 12.0. The first kappa shape index (κ1) is 17.0. The number of morpholine rings is 1. The van der Waals surface area contributed by atoms with Gasteiger partial charge in [0.1, 0.15) is 6.10 Å². The average molecular weight is 347 g/mol. The van der Waals surface area contributed by atoms with Gasteiger partial charge in [0, 0.05) is 12.1 Å². The number of carboxylic acids is 1. The van der Waals surface area contributed by atoms with Crippen LogP contribution in [0.4, 0.5) is 8.78 Å². The number of benzene rings is 2. The van der Waals surface area contributed by atoms with E-state index in [1.165, 1.54) is 30.3 Å². The fraction of sp³-hybridized carbons (Fsp3) is 0.222. The number of hydrogen-bond donors (Lipinski definition) is 1. The molecule has 0 spiro atoms. The lowest BCUT2D eigenvalue weighted by Gasteiger charge is -2.33. The Labute approximate surface area is 142 Å². The van der Waals surface area contributed by atoms with Crippen LogP contribution in [0.5, 0.6) is 0 Å². The van der Waals surface area contributed by atoms with Crippen molar-refractivity contribution in [1.29, 1.82) is 0 Å². The van der Waals surface area contributed by atoms with Gasteiger partial charge in [-0.3, -0.25) is 4.79 Å². The fourth-order valence-corrected chi connectivity index (χ4v) is 2.69. The summed E-state index contributed by atoms with van der Waals surface area (Å²) >= 11 is 0. The summed E-state index contributed by atoms with van der Waals surface area (Å²) in [5.41, 5.74) is 0.909. The lowest BCUT2D eigenvalue weighted by Crippen LogP contribution is -2.42. The van der Waals surface area contributed by atoms with Crippen LogP contribution < -0.4 is 0 Å². The molecule has 2 aromatic rings. The summed E-state index contributed by atoms with van der Waals surface area (Å²) in [7, 11) is 0. The van der Waals surface area contributed by atoms with Gasteiger partial charge in [0.25, 0.3) is 5.91 Å². The summed E-state index contributed by atoms with van der Waals surface area (Å²) < 4.78 is 32.0. The topological polar surface area (TPSA) is 66.8 Å². The van der Waals surface area contributed by atoms with Crippen LogP contribution in [0, 0.1) is 11.6 Å². The molecule has 5 nitrogen and oxygen atoms in total. The molecule has 1 heterocycles. The first-order valence-electron chi connectivity index (χ1n) is 7.65. The van der Waals surface area contributed by atoms with Crippen molar-refractivity contribution in [1.82, 2.24) is 4.90 Å². The molecule has 1 unspecified atom stereocenters. The molecule has 130 valence electrons. The van der Waals surface area contributed by atoms with Gasteiger partial charge in [0.15, 0.2) is 11.6 Å². The quantitative estimate of drug-likeness (QED) is 0.927. The second-order valence-electron chi connectivity index (χ2n) is 5.67. The van der Waals surface area contributed by atoms with Crippen LogP contribution in [0.3, 0.4) is 0 Å². The SMILES string of the molecule is O=C(O)c1ccc(C(=O)N2CCOC(c3ccc(F)c(F)c3)C2)cc1. The van der Waals surface area contributed by atoms with E-state index in [0.717, 1.165) is 12.1 Å². The Morgan fingerprint density at radius 1 is 1.04 bits per heavy atom. The molecule has 0 radical (unpaired) electrons.